The van der Waals surface area contributed by atoms with E-state index in [1.54, 1.807) is 52.7 Å². The van der Waals surface area contributed by atoms with Crippen molar-refractivity contribution in [2.75, 3.05) is 35.1 Å². The van der Waals surface area contributed by atoms with E-state index in [0.29, 0.717) is 34.1 Å². The number of aliphatic hydroxyl groups is 3. The van der Waals surface area contributed by atoms with Crippen LogP contribution < -0.4 is 34.9 Å². The minimum Gasteiger partial charge on any atom is -0.497 e. The lowest BCUT2D eigenvalue weighted by Crippen LogP contribution is -2.37. The molecule has 3 aromatic carbocycles. The summed E-state index contributed by atoms with van der Waals surface area (Å²) >= 11 is 0. The number of ether oxygens (including phenoxy) is 4. The van der Waals surface area contributed by atoms with Gasteiger partial charge < -0.3 is 34.3 Å². The predicted molar refractivity (Wildman–Crippen MR) is 145 cm³/mol. The normalized spacial score (nSPS) is 12.7. The van der Waals surface area contributed by atoms with Crippen LogP contribution in [0, 0.1) is 13.8 Å². The monoisotopic (exact) mass is 515 g/mol. The first-order valence-corrected chi connectivity index (χ1v) is 13.8. The van der Waals surface area contributed by atoms with Crippen molar-refractivity contribution in [3.05, 3.63) is 64.2 Å². The van der Waals surface area contributed by atoms with Gasteiger partial charge >= 0.3 is 0 Å². The maximum Gasteiger partial charge on any atom is 0.187 e. The Kier molecular flexibility index (Phi) is 8.85. The largest absolute Gasteiger partial charge is 0.497 e. The average Bonchev–Trinajstić information content (AvgIpc) is 2.90. The second kappa shape index (κ2) is 11.5. The molecule has 0 amide bonds. The summed E-state index contributed by atoms with van der Waals surface area (Å²) in [5.41, 5.74) is 4.09. The Morgan fingerprint density at radius 1 is 0.611 bits per heavy atom. The third-order valence-electron chi connectivity index (χ3n) is 6.51. The Labute approximate surface area is 213 Å². The van der Waals surface area contributed by atoms with Crippen LogP contribution in [0.25, 0.3) is 0 Å². The third-order valence-corrected chi connectivity index (χ3v) is 10.8. The van der Waals surface area contributed by atoms with E-state index in [0.717, 1.165) is 32.6 Å². The molecule has 3 rings (SSSR count). The first-order chi connectivity index (χ1) is 17.2. The van der Waals surface area contributed by atoms with E-state index >= 15 is 0 Å². The van der Waals surface area contributed by atoms with Gasteiger partial charge in [0.1, 0.15) is 18.3 Å². The van der Waals surface area contributed by atoms with Crippen LogP contribution in [-0.2, 0) is 19.8 Å². The summed E-state index contributed by atoms with van der Waals surface area (Å²) in [7, 11) is 3.57. The molecule has 0 aliphatic heterocycles. The van der Waals surface area contributed by atoms with Crippen LogP contribution in [-0.4, -0.2) is 50.4 Å². The van der Waals surface area contributed by atoms with Crippen molar-refractivity contribution >= 4 is 23.2 Å². The number of hydrogen-bond acceptors (Lipinski definition) is 7. The second-order valence-corrected chi connectivity index (χ2v) is 12.1. The first-order valence-electron chi connectivity index (χ1n) is 11.5. The quantitative estimate of drug-likeness (QED) is 0.357. The Morgan fingerprint density at radius 3 is 1.61 bits per heavy atom. The fraction of sp³-hybridized carbons (Fsp3) is 0.357. The van der Waals surface area contributed by atoms with Crippen LogP contribution in [0.5, 0.6) is 23.0 Å². The molecule has 0 radical (unpaired) electrons. The number of aryl methyl sites for hydroxylation is 2. The van der Waals surface area contributed by atoms with Gasteiger partial charge in [-0.15, -0.1) is 0 Å². The van der Waals surface area contributed by atoms with Crippen LogP contribution in [0.3, 0.4) is 0 Å². The van der Waals surface area contributed by atoms with Crippen molar-refractivity contribution in [3.8, 4) is 23.0 Å². The van der Waals surface area contributed by atoms with Crippen molar-refractivity contribution in [2.45, 2.75) is 33.7 Å². The number of benzene rings is 3. The summed E-state index contributed by atoms with van der Waals surface area (Å²) in [6.07, 6.45) is 0. The van der Waals surface area contributed by atoms with Gasteiger partial charge in [0.2, 0.25) is 0 Å². The maximum absolute atomic E-state index is 10.6. The molecule has 3 aromatic rings. The zero-order valence-electron chi connectivity index (χ0n) is 22.0. The lowest BCUT2D eigenvalue weighted by atomic mass is 10.1. The molecule has 0 saturated carbocycles. The van der Waals surface area contributed by atoms with Gasteiger partial charge in [0.15, 0.2) is 27.9 Å². The summed E-state index contributed by atoms with van der Waals surface area (Å²) < 4.78 is 23.2. The topological polar surface area (TPSA) is 97.6 Å². The van der Waals surface area contributed by atoms with Gasteiger partial charge in [-0.1, -0.05) is 11.6 Å². The summed E-state index contributed by atoms with van der Waals surface area (Å²) in [4.78, 5) is 0. The fourth-order valence-electron chi connectivity index (χ4n) is 5.16. The van der Waals surface area contributed by atoms with Gasteiger partial charge in [-0.3, -0.25) is 0 Å². The zero-order valence-corrected chi connectivity index (χ0v) is 22.9. The SMILES string of the molecule is COc1cc(CO)c([P+](C)(c2c(C)cc(C)cc2CO)c2c(OC)cc(CO)cc2OC)c(OC)c1. The van der Waals surface area contributed by atoms with Crippen LogP contribution in [0.1, 0.15) is 27.8 Å². The second-order valence-electron chi connectivity index (χ2n) is 8.76. The van der Waals surface area contributed by atoms with E-state index < -0.39 is 7.26 Å². The number of rotatable bonds is 10. The molecule has 194 valence electrons. The van der Waals surface area contributed by atoms with E-state index in [1.807, 2.05) is 19.9 Å². The van der Waals surface area contributed by atoms with Crippen LogP contribution in [0.2, 0.25) is 0 Å². The molecule has 8 heteroatoms. The van der Waals surface area contributed by atoms with E-state index in [2.05, 4.69) is 12.7 Å². The number of hydrogen-bond donors (Lipinski definition) is 3. The summed E-state index contributed by atoms with van der Waals surface area (Å²) in [5, 5.41) is 33.5. The highest BCUT2D eigenvalue weighted by Crippen LogP contribution is 2.60. The summed E-state index contributed by atoms with van der Waals surface area (Å²) in [6, 6.07) is 11.3. The lowest BCUT2D eigenvalue weighted by molar-refractivity contribution is 0.280. The van der Waals surface area contributed by atoms with E-state index in [4.69, 9.17) is 18.9 Å². The molecular formula is C28H36O7P+. The lowest BCUT2D eigenvalue weighted by Gasteiger charge is -2.31. The number of methoxy groups -OCH3 is 4. The molecule has 3 N–H and O–H groups in total. The molecule has 0 spiro atoms. The van der Waals surface area contributed by atoms with E-state index in [9.17, 15) is 15.3 Å². The minimum absolute atomic E-state index is 0.167. The van der Waals surface area contributed by atoms with Crippen molar-refractivity contribution in [3.63, 3.8) is 0 Å². The fourth-order valence-corrected chi connectivity index (χ4v) is 9.81. The molecule has 0 saturated heterocycles. The Hall–Kier alpha value is -2.83. The molecule has 0 fully saturated rings. The first kappa shape index (κ1) is 27.8. The molecule has 0 bridgehead atoms. The summed E-state index contributed by atoms with van der Waals surface area (Å²) in [5.74, 6) is 2.19. The van der Waals surface area contributed by atoms with Crippen molar-refractivity contribution in [1.29, 1.82) is 0 Å². The standard InChI is InChI=1S/C28H36O7P/c1-17-8-18(2)26(20(9-17)15-30)36(7,27-21(16-31)12-22(32-3)13-25(27)35-6)28-23(33-4)10-19(14-29)11-24(28)34-5/h8-13,29-31H,14-16H2,1-7H3/q+1. The molecular weight excluding hydrogens is 479 g/mol. The van der Waals surface area contributed by atoms with Crippen molar-refractivity contribution in [2.24, 2.45) is 0 Å². The van der Waals surface area contributed by atoms with Gasteiger partial charge in [-0.05, 0) is 49.2 Å². The summed E-state index contributed by atoms with van der Waals surface area (Å²) in [6.45, 7) is 5.54. The van der Waals surface area contributed by atoms with Gasteiger partial charge in [0.25, 0.3) is 0 Å². The highest BCUT2D eigenvalue weighted by Gasteiger charge is 2.51. The van der Waals surface area contributed by atoms with Gasteiger partial charge in [0.05, 0.1) is 54.9 Å². The molecule has 0 aliphatic carbocycles. The van der Waals surface area contributed by atoms with Gasteiger partial charge in [0, 0.05) is 17.2 Å². The van der Waals surface area contributed by atoms with E-state index in [-0.39, 0.29) is 19.8 Å². The maximum atomic E-state index is 10.6. The molecule has 1 unspecified atom stereocenters. The van der Waals surface area contributed by atoms with Gasteiger partial charge in [-0.2, -0.15) is 0 Å². The molecule has 1 atom stereocenters. The number of aliphatic hydroxyl groups excluding tert-OH is 3. The molecule has 36 heavy (non-hydrogen) atoms. The van der Waals surface area contributed by atoms with Crippen LogP contribution >= 0.6 is 7.26 Å². The smallest absolute Gasteiger partial charge is 0.187 e. The van der Waals surface area contributed by atoms with E-state index in [1.165, 1.54) is 0 Å². The average molecular weight is 516 g/mol. The predicted octanol–water partition coefficient (Wildman–Crippen LogP) is 2.74. The molecule has 0 aromatic heterocycles. The minimum atomic E-state index is -2.75. The third kappa shape index (κ3) is 4.76. The molecule has 7 nitrogen and oxygen atoms in total. The van der Waals surface area contributed by atoms with Crippen LogP contribution in [0.4, 0.5) is 0 Å². The van der Waals surface area contributed by atoms with Crippen molar-refractivity contribution in [1.82, 2.24) is 0 Å². The molecule has 0 heterocycles. The zero-order chi connectivity index (χ0) is 26.6. The molecule has 0 aliphatic rings. The van der Waals surface area contributed by atoms with Crippen LogP contribution in [0.15, 0.2) is 36.4 Å². The highest BCUT2D eigenvalue weighted by molar-refractivity contribution is 7.95. The van der Waals surface area contributed by atoms with Crippen molar-refractivity contribution < 1.29 is 34.3 Å². The van der Waals surface area contributed by atoms with Gasteiger partial charge in [-0.25, -0.2) is 0 Å². The Morgan fingerprint density at radius 2 is 1.14 bits per heavy atom. The Balaban J connectivity index is 2.66. The highest BCUT2D eigenvalue weighted by atomic mass is 31.2. The Bertz CT molecular complexity index is 1130.